The van der Waals surface area contributed by atoms with Crippen LogP contribution in [0.4, 0.5) is 10.5 Å². The summed E-state index contributed by atoms with van der Waals surface area (Å²) < 4.78 is 7.12. The zero-order valence-electron chi connectivity index (χ0n) is 20.5. The largest absolute Gasteiger partial charge is 0.450 e. The number of carbonyl (C=O) groups is 1. The fourth-order valence-corrected chi connectivity index (χ4v) is 5.25. The second-order valence-corrected chi connectivity index (χ2v) is 9.64. The SMILES string of the molecule is CCOC(=O)N1CCN(c2ccnn3cc(-c4ccc([C@@H]5CCN(C(C)C)C5)cc4)cc23)CC1. The van der Waals surface area contributed by atoms with Crippen LogP contribution < -0.4 is 4.90 Å². The highest BCUT2D eigenvalue weighted by Crippen LogP contribution is 2.32. The zero-order chi connectivity index (χ0) is 23.7. The smallest absolute Gasteiger partial charge is 0.409 e. The minimum Gasteiger partial charge on any atom is -0.450 e. The molecule has 0 spiro atoms. The second kappa shape index (κ2) is 9.66. The van der Waals surface area contributed by atoms with E-state index in [0.29, 0.717) is 31.7 Å². The van der Waals surface area contributed by atoms with Crippen LogP contribution in [0.25, 0.3) is 16.6 Å². The Bertz CT molecular complexity index is 1130. The fraction of sp³-hybridized carbons (Fsp3) is 0.481. The van der Waals surface area contributed by atoms with Crippen LogP contribution in [0.1, 0.15) is 38.7 Å². The summed E-state index contributed by atoms with van der Waals surface area (Å²) in [5.74, 6) is 0.631. The molecule has 2 aliphatic heterocycles. The fourth-order valence-electron chi connectivity index (χ4n) is 5.25. The number of fused-ring (bicyclic) bond motifs is 1. The van der Waals surface area contributed by atoms with Crippen molar-refractivity contribution >= 4 is 17.3 Å². The van der Waals surface area contributed by atoms with Gasteiger partial charge in [-0.1, -0.05) is 24.3 Å². The lowest BCUT2D eigenvalue weighted by Gasteiger charge is -2.35. The maximum absolute atomic E-state index is 12.0. The first-order valence-corrected chi connectivity index (χ1v) is 12.5. The van der Waals surface area contributed by atoms with E-state index in [9.17, 15) is 4.79 Å². The minimum atomic E-state index is -0.218. The summed E-state index contributed by atoms with van der Waals surface area (Å²) in [4.78, 5) is 18.7. The van der Waals surface area contributed by atoms with Crippen molar-refractivity contribution in [2.45, 2.75) is 39.2 Å². The molecule has 2 fully saturated rings. The van der Waals surface area contributed by atoms with Crippen molar-refractivity contribution in [3.05, 3.63) is 54.4 Å². The van der Waals surface area contributed by atoms with E-state index < -0.39 is 0 Å². The van der Waals surface area contributed by atoms with E-state index in [1.54, 1.807) is 4.90 Å². The van der Waals surface area contributed by atoms with Crippen LogP contribution in [-0.4, -0.2) is 77.4 Å². The van der Waals surface area contributed by atoms with Crippen LogP contribution >= 0.6 is 0 Å². The summed E-state index contributed by atoms with van der Waals surface area (Å²) in [5, 5.41) is 4.56. The van der Waals surface area contributed by atoms with Crippen molar-refractivity contribution < 1.29 is 9.53 Å². The number of benzene rings is 1. The highest BCUT2D eigenvalue weighted by Gasteiger charge is 2.26. The standard InChI is InChI=1S/C27H35N5O2/c1-4-34-27(33)30-15-13-29(14-16-30)25-9-11-28-32-19-24(17-26(25)32)22-7-5-21(6-8-22)23-10-12-31(18-23)20(2)3/h5-9,11,17,19-20,23H,4,10,12-16,18H2,1-3H3/t23-/m1/s1. The Morgan fingerprint density at radius 3 is 2.50 bits per heavy atom. The van der Waals surface area contributed by atoms with Crippen LogP contribution in [-0.2, 0) is 4.74 Å². The summed E-state index contributed by atoms with van der Waals surface area (Å²) in [6.45, 7) is 12.1. The van der Waals surface area contributed by atoms with Crippen molar-refractivity contribution in [3.8, 4) is 11.1 Å². The van der Waals surface area contributed by atoms with E-state index in [2.05, 4.69) is 71.3 Å². The number of rotatable bonds is 5. The van der Waals surface area contributed by atoms with Crippen LogP contribution in [0.3, 0.4) is 0 Å². The lowest BCUT2D eigenvalue weighted by molar-refractivity contribution is 0.105. The molecule has 2 saturated heterocycles. The molecule has 0 saturated carbocycles. The number of nitrogens with zero attached hydrogens (tertiary/aromatic N) is 5. The number of anilines is 1. The van der Waals surface area contributed by atoms with E-state index in [-0.39, 0.29) is 6.09 Å². The number of hydrogen-bond donors (Lipinski definition) is 0. The van der Waals surface area contributed by atoms with Crippen molar-refractivity contribution in [2.24, 2.45) is 0 Å². The van der Waals surface area contributed by atoms with Crippen LogP contribution in [0, 0.1) is 0 Å². The quantitative estimate of drug-likeness (QED) is 0.561. The number of aromatic nitrogens is 2. The lowest BCUT2D eigenvalue weighted by atomic mass is 9.96. The Labute approximate surface area is 201 Å². The Morgan fingerprint density at radius 1 is 1.06 bits per heavy atom. The van der Waals surface area contributed by atoms with Gasteiger partial charge in [-0.3, -0.25) is 0 Å². The van der Waals surface area contributed by atoms with Gasteiger partial charge in [-0.05, 0) is 62.9 Å². The third-order valence-electron chi connectivity index (χ3n) is 7.30. The molecule has 4 heterocycles. The van der Waals surface area contributed by atoms with Gasteiger partial charge in [0.2, 0.25) is 0 Å². The molecule has 1 amide bonds. The monoisotopic (exact) mass is 461 g/mol. The van der Waals surface area contributed by atoms with Gasteiger partial charge >= 0.3 is 6.09 Å². The van der Waals surface area contributed by atoms with Crippen LogP contribution in [0.5, 0.6) is 0 Å². The summed E-state index contributed by atoms with van der Waals surface area (Å²) in [7, 11) is 0. The Hall–Kier alpha value is -3.06. The van der Waals surface area contributed by atoms with Gasteiger partial charge in [0.25, 0.3) is 0 Å². The minimum absolute atomic E-state index is 0.218. The Kier molecular flexibility index (Phi) is 6.46. The highest BCUT2D eigenvalue weighted by molar-refractivity contribution is 5.80. The van der Waals surface area contributed by atoms with E-state index >= 15 is 0 Å². The van der Waals surface area contributed by atoms with Crippen molar-refractivity contribution in [2.75, 3.05) is 50.8 Å². The second-order valence-electron chi connectivity index (χ2n) is 9.64. The third kappa shape index (κ3) is 4.49. The van der Waals surface area contributed by atoms with E-state index in [0.717, 1.165) is 30.8 Å². The molecule has 34 heavy (non-hydrogen) atoms. The number of likely N-dealkylation sites (tertiary alicyclic amines) is 1. The first-order chi connectivity index (χ1) is 16.5. The number of ether oxygens (including phenoxy) is 1. The first kappa shape index (κ1) is 22.7. The summed E-state index contributed by atoms with van der Waals surface area (Å²) in [6, 6.07) is 14.0. The topological polar surface area (TPSA) is 53.3 Å². The van der Waals surface area contributed by atoms with Gasteiger partial charge in [0.05, 0.1) is 17.8 Å². The number of amides is 1. The molecule has 7 nitrogen and oxygen atoms in total. The van der Waals surface area contributed by atoms with Gasteiger partial charge < -0.3 is 19.4 Å². The summed E-state index contributed by atoms with van der Waals surface area (Å²) >= 11 is 0. The molecule has 1 aromatic carbocycles. The maximum atomic E-state index is 12.0. The van der Waals surface area contributed by atoms with Gasteiger partial charge in [-0.25, -0.2) is 9.31 Å². The van der Waals surface area contributed by atoms with E-state index in [4.69, 9.17) is 4.74 Å². The summed E-state index contributed by atoms with van der Waals surface area (Å²) in [6.07, 6.45) is 4.99. The highest BCUT2D eigenvalue weighted by atomic mass is 16.6. The van der Waals surface area contributed by atoms with E-state index in [1.807, 2.05) is 17.6 Å². The average molecular weight is 462 g/mol. The lowest BCUT2D eigenvalue weighted by Crippen LogP contribution is -2.49. The molecule has 2 aromatic heterocycles. The van der Waals surface area contributed by atoms with Gasteiger partial charge in [-0.15, -0.1) is 0 Å². The van der Waals surface area contributed by atoms with Gasteiger partial charge in [-0.2, -0.15) is 5.10 Å². The molecule has 0 radical (unpaired) electrons. The third-order valence-corrected chi connectivity index (χ3v) is 7.30. The molecule has 3 aromatic rings. The first-order valence-electron chi connectivity index (χ1n) is 12.5. The van der Waals surface area contributed by atoms with Crippen LogP contribution in [0.2, 0.25) is 0 Å². The molecule has 0 unspecified atom stereocenters. The summed E-state index contributed by atoms with van der Waals surface area (Å²) in [5.41, 5.74) is 6.07. The zero-order valence-corrected chi connectivity index (χ0v) is 20.5. The molecule has 2 aliphatic rings. The normalized spacial score (nSPS) is 19.4. The molecule has 0 aliphatic carbocycles. The van der Waals surface area contributed by atoms with Gasteiger partial charge in [0.15, 0.2) is 0 Å². The molecule has 1 atom stereocenters. The molecule has 180 valence electrons. The Balaban J connectivity index is 1.32. The molecule has 7 heteroatoms. The van der Waals surface area contributed by atoms with Crippen molar-refractivity contribution in [3.63, 3.8) is 0 Å². The molecular weight excluding hydrogens is 426 g/mol. The molecule has 0 N–H and O–H groups in total. The Morgan fingerprint density at radius 2 is 1.82 bits per heavy atom. The van der Waals surface area contributed by atoms with Gasteiger partial charge in [0.1, 0.15) is 0 Å². The van der Waals surface area contributed by atoms with E-state index in [1.165, 1.54) is 29.7 Å². The molecule has 5 rings (SSSR count). The van der Waals surface area contributed by atoms with Crippen molar-refractivity contribution in [1.82, 2.24) is 19.4 Å². The molecule has 0 bridgehead atoms. The average Bonchev–Trinajstić information content (AvgIpc) is 3.52. The number of piperazine rings is 1. The van der Waals surface area contributed by atoms with Crippen LogP contribution in [0.15, 0.2) is 48.8 Å². The number of hydrogen-bond acceptors (Lipinski definition) is 5. The molecular formula is C27H35N5O2. The van der Waals surface area contributed by atoms with Gasteiger partial charge in [0, 0.05) is 56.7 Å². The predicted octanol–water partition coefficient (Wildman–Crippen LogP) is 4.48. The maximum Gasteiger partial charge on any atom is 0.409 e. The predicted molar refractivity (Wildman–Crippen MR) is 136 cm³/mol. The number of carbonyl (C=O) groups excluding carboxylic acids is 1. The van der Waals surface area contributed by atoms with Crippen molar-refractivity contribution in [1.29, 1.82) is 0 Å².